The van der Waals surface area contributed by atoms with E-state index < -0.39 is 47.6 Å². The maximum Gasteiger partial charge on any atom is 0.330 e. The van der Waals surface area contributed by atoms with Crippen molar-refractivity contribution in [3.8, 4) is 34.5 Å². The first-order valence-electron chi connectivity index (χ1n) is 38.7. The minimum Gasteiger partial charge on any atom is -0.504 e. The summed E-state index contributed by atoms with van der Waals surface area (Å²) in [5, 5.41) is 108. The topological polar surface area (TPSA) is 419 Å². The maximum atomic E-state index is 12.8. The van der Waals surface area contributed by atoms with Gasteiger partial charge in [-0.25, -0.2) is 29.3 Å². The van der Waals surface area contributed by atoms with Crippen molar-refractivity contribution in [2.24, 2.45) is 31.0 Å². The maximum absolute atomic E-state index is 12.8. The summed E-state index contributed by atoms with van der Waals surface area (Å²) in [6, 6.07) is 40.0. The van der Waals surface area contributed by atoms with E-state index in [1.165, 1.54) is 43.3 Å². The van der Waals surface area contributed by atoms with Crippen LogP contribution in [-0.2, 0) is 51.4 Å². The number of carboxylic acid groups (broad SMARTS) is 4. The van der Waals surface area contributed by atoms with Crippen molar-refractivity contribution in [3.05, 3.63) is 195 Å². The second-order valence-corrected chi connectivity index (χ2v) is 32.0. The predicted octanol–water partition coefficient (Wildman–Crippen LogP) is 17.5. The molecule has 0 spiro atoms. The van der Waals surface area contributed by atoms with Gasteiger partial charge in [0.15, 0.2) is 63.7 Å². The number of carbonyl (C=O) groups excluding carboxylic acids is 1. The van der Waals surface area contributed by atoms with Gasteiger partial charge in [0.2, 0.25) is 0 Å². The fraction of sp³-hybridized carbons (Fsp3) is 0.378. The molecule has 12 N–H and O–H groups in total. The lowest BCUT2D eigenvalue weighted by Crippen LogP contribution is -2.49. The minimum absolute atomic E-state index is 0.118. The van der Waals surface area contributed by atoms with Crippen LogP contribution in [0.1, 0.15) is 168 Å². The Morgan fingerprint density at radius 2 is 1.08 bits per heavy atom. The second-order valence-electron chi connectivity index (χ2n) is 30.4. The number of ketones is 1. The van der Waals surface area contributed by atoms with Gasteiger partial charge in [0.1, 0.15) is 5.52 Å². The zero-order valence-electron chi connectivity index (χ0n) is 71.0. The van der Waals surface area contributed by atoms with Crippen LogP contribution in [0.3, 0.4) is 0 Å². The summed E-state index contributed by atoms with van der Waals surface area (Å²) >= 11 is 14.9. The molecule has 2 aromatic heterocycles. The van der Waals surface area contributed by atoms with Crippen molar-refractivity contribution in [1.82, 2.24) is 24.9 Å². The molecule has 0 saturated heterocycles. The molecule has 646 valence electrons. The number of nitrogens with one attached hydrogen (secondary N) is 1. The zero-order valence-corrected chi connectivity index (χ0v) is 74.1. The number of fused-ring (bicyclic) bond motifs is 3. The van der Waals surface area contributed by atoms with E-state index in [-0.39, 0.29) is 59.5 Å². The number of para-hydroxylation sites is 2. The van der Waals surface area contributed by atoms with Crippen LogP contribution in [0.5, 0.6) is 34.5 Å². The second kappa shape index (κ2) is 49.3. The molecule has 9 aromatic rings. The molecule has 30 heteroatoms. The number of halogens is 3. The highest BCUT2D eigenvalue weighted by Gasteiger charge is 2.34. The molecule has 2 heterocycles. The van der Waals surface area contributed by atoms with E-state index in [1.54, 1.807) is 102 Å². The number of hydrogen-bond donors (Lipinski definition) is 12. The summed E-state index contributed by atoms with van der Waals surface area (Å²) in [6.45, 7) is 35.3. The van der Waals surface area contributed by atoms with Gasteiger partial charge in [0, 0.05) is 125 Å². The van der Waals surface area contributed by atoms with Gasteiger partial charge in [0.25, 0.3) is 0 Å². The summed E-state index contributed by atoms with van der Waals surface area (Å²) < 4.78 is 3.10. The number of aliphatic carboxylic acids is 4. The number of phenolic OH excluding ortho intramolecular Hbond substituents is 6. The van der Waals surface area contributed by atoms with Crippen molar-refractivity contribution in [2.75, 3.05) is 36.3 Å². The summed E-state index contributed by atoms with van der Waals surface area (Å²) in [5.41, 5.74) is 13.9. The van der Waals surface area contributed by atoms with E-state index in [0.29, 0.717) is 99.0 Å². The fourth-order valence-electron chi connectivity index (χ4n) is 11.9. The van der Waals surface area contributed by atoms with E-state index in [0.717, 1.165) is 74.4 Å². The lowest BCUT2D eigenvalue weighted by molar-refractivity contribution is -0.144. The van der Waals surface area contributed by atoms with E-state index in [1.807, 2.05) is 76.5 Å². The number of aliphatic hydroxyl groups is 1. The van der Waals surface area contributed by atoms with Crippen molar-refractivity contribution in [3.63, 3.8) is 0 Å². The average Bonchev–Trinajstić information content (AvgIpc) is 1.62. The minimum atomic E-state index is -1.29. The van der Waals surface area contributed by atoms with Gasteiger partial charge in [-0.15, -0.1) is 23.2 Å². The Bertz CT molecular complexity index is 5040. The Labute approximate surface area is 720 Å². The molecule has 0 aliphatic rings. The summed E-state index contributed by atoms with van der Waals surface area (Å²) in [7, 11) is 0. The number of pyridine rings is 1. The number of carboxylic acids is 4. The van der Waals surface area contributed by atoms with E-state index >= 15 is 0 Å². The smallest absolute Gasteiger partial charge is 0.330 e. The van der Waals surface area contributed by atoms with Crippen LogP contribution in [0.2, 0.25) is 0 Å². The molecule has 7 aromatic carbocycles. The Balaban J connectivity index is 0.000000304. The molecular formula is C90H114BrCl2N11O16. The number of aliphatic imine (C=N–C) groups is 4. The number of aliphatic hydroxyl groups excluding tert-OH is 1. The standard InChI is InChI=1S/C18H16BrNO3.C17H20N4.C16H22Cl2N2O2.C14H23NO3.C13H18N2O4.C12H15NO4/c1-11(2)20-17-13(10-16(21)22)4-3-5-15(17)18(23)12-6-8-14(19)9-7-12;1-11(2)9-21-10-18-15-16(21)13-7-5-6-8-14(13)20-17(15)19-12(3)4;1-12(2)19-15(16(21)22)11-13-3-5-14(6-4-13)20(9-7-17)10-8-18;1-9(2)15(10(3)4)8-14(18)11-5-6-12(16)13(17)7-11;1-8(2)14-15-13(3,12(18)19)7-9-4-5-10(16)11(17)6-9;1-7(2)13-9(12(16)17)5-8-3-4-10(14)11(15)6-8/h3-9H,10H2,1-2H3,(H,21,22);5-8,10-11H,9H2,1-4H3;3-6,15H,7-11H2,1-2H3,(H,21,22);5-7,9-10,14,16-18H,8H2,1-4H3;4-6,15-17H,7H2,1-3H3,(H,18,19);3-4,6,9,14-15H,5H2,1-2H3,(H,16,17)/t;;15-;;13-;9-/m..0.00/s1. The van der Waals surface area contributed by atoms with E-state index in [4.69, 9.17) is 38.5 Å². The number of benzene rings is 7. The number of anilines is 1. The Morgan fingerprint density at radius 1 is 0.575 bits per heavy atom. The highest BCUT2D eigenvalue weighted by molar-refractivity contribution is 9.10. The first kappa shape index (κ1) is 101. The number of carbonyl (C=O) groups is 5. The molecule has 120 heavy (non-hydrogen) atoms. The monoisotopic (exact) mass is 1750 g/mol. The Hall–Kier alpha value is -11.3. The number of hydrazone groups is 1. The van der Waals surface area contributed by atoms with Crippen molar-refractivity contribution < 1.29 is 80.1 Å². The molecule has 9 rings (SSSR count). The predicted molar refractivity (Wildman–Crippen MR) is 483 cm³/mol. The average molecular weight is 1760 g/mol. The third-order valence-electron chi connectivity index (χ3n) is 17.5. The SMILES string of the molecule is CC(C)=NN[C@@](C)(Cc1ccc(O)c(O)c1)C(=O)O.CC(C)=N[C@@H](Cc1ccc(N(CCCl)CCCl)cc1)C(=O)O.CC(C)=N[C@@H](Cc1ccc(O)c(O)c1)C(=O)O.CC(C)=Nc1c(CC(=O)O)cccc1C(=O)c1ccc(Br)cc1.CC(C)=Nc1nc2ccccc2c2c1ncn2CC(C)C.CC(C)N(CC(O)c1ccc(O)c(O)c1)C(C)C. The summed E-state index contributed by atoms with van der Waals surface area (Å²) in [6.07, 6.45) is 1.73. The number of nitrogens with zero attached hydrogens (tertiary/aromatic N) is 10. The molecular weight excluding hydrogens is 1640 g/mol. The highest BCUT2D eigenvalue weighted by atomic mass is 79.9. The van der Waals surface area contributed by atoms with Gasteiger partial charge in [-0.3, -0.25) is 34.9 Å². The molecule has 0 fully saturated rings. The molecule has 0 aliphatic carbocycles. The van der Waals surface area contributed by atoms with Crippen molar-refractivity contribution >= 4 is 136 Å². The number of hydrogen-bond acceptors (Lipinski definition) is 22. The molecule has 0 saturated carbocycles. The molecule has 1 unspecified atom stereocenters. The highest BCUT2D eigenvalue weighted by Crippen LogP contribution is 2.34. The molecule has 0 aliphatic heterocycles. The zero-order chi connectivity index (χ0) is 90.0. The van der Waals surface area contributed by atoms with Gasteiger partial charge in [0.05, 0.1) is 35.6 Å². The number of phenols is 6. The Kier molecular flexibility index (Phi) is 41.5. The third-order valence-corrected chi connectivity index (χ3v) is 18.3. The number of aromatic hydroxyl groups is 6. The first-order chi connectivity index (χ1) is 56.4. The van der Waals surface area contributed by atoms with Gasteiger partial charge < -0.3 is 65.6 Å². The molecule has 27 nitrogen and oxygen atoms in total. The van der Waals surface area contributed by atoms with Crippen molar-refractivity contribution in [2.45, 2.75) is 186 Å². The summed E-state index contributed by atoms with van der Waals surface area (Å²) in [5.74, 6) is -3.14. The van der Waals surface area contributed by atoms with E-state index in [9.17, 15) is 64.8 Å². The lowest BCUT2D eigenvalue weighted by atomic mass is 9.93. The van der Waals surface area contributed by atoms with Crippen LogP contribution in [0.15, 0.2) is 181 Å². The lowest BCUT2D eigenvalue weighted by Gasteiger charge is -2.32. The quantitative estimate of drug-likeness (QED) is 0.00631. The normalized spacial score (nSPS) is 12.0. The number of aromatic nitrogens is 3. The molecule has 0 bridgehead atoms. The van der Waals surface area contributed by atoms with Gasteiger partial charge >= 0.3 is 23.9 Å². The fourth-order valence-corrected chi connectivity index (χ4v) is 12.6. The van der Waals surface area contributed by atoms with Gasteiger partial charge in [-0.2, -0.15) is 5.10 Å². The van der Waals surface area contributed by atoms with Crippen LogP contribution in [0.25, 0.3) is 21.9 Å². The van der Waals surface area contributed by atoms with Crippen molar-refractivity contribution in [1.29, 1.82) is 0 Å². The van der Waals surface area contributed by atoms with Crippen LogP contribution in [-0.4, -0.2) is 195 Å². The third kappa shape index (κ3) is 33.5. The van der Waals surface area contributed by atoms with Crippen LogP contribution < -0.4 is 10.3 Å². The van der Waals surface area contributed by atoms with Crippen LogP contribution in [0, 0.1) is 5.92 Å². The van der Waals surface area contributed by atoms with Gasteiger partial charge in [-0.1, -0.05) is 90.4 Å². The summed E-state index contributed by atoms with van der Waals surface area (Å²) in [4.78, 5) is 88.0. The number of rotatable bonds is 31. The number of alkyl halides is 2. The first-order valence-corrected chi connectivity index (χ1v) is 40.6. The molecule has 0 radical (unpaired) electrons. The van der Waals surface area contributed by atoms with Crippen LogP contribution in [0.4, 0.5) is 17.2 Å². The van der Waals surface area contributed by atoms with E-state index in [2.05, 4.69) is 118 Å². The largest absolute Gasteiger partial charge is 0.504 e. The van der Waals surface area contributed by atoms with Gasteiger partial charge in [-0.05, 0) is 223 Å². The Morgan fingerprint density at radius 3 is 1.56 bits per heavy atom. The molecule has 0 amide bonds. The van der Waals surface area contributed by atoms with Crippen LogP contribution >= 0.6 is 39.1 Å². The number of imidazole rings is 1. The molecule has 4 atom stereocenters.